The van der Waals surface area contributed by atoms with Gasteiger partial charge in [0.1, 0.15) is 10.7 Å². The van der Waals surface area contributed by atoms with Crippen LogP contribution in [0.2, 0.25) is 0 Å². The standard InChI is InChI=1S/C15H22N4OS/c1-9-10(2)21-15-13(9)14(20)17-12(18-15)8-19(3)11-5-4-6-16-7-11/h11,16H,4-8H2,1-3H3,(H,17,18,20). The van der Waals surface area contributed by atoms with Crippen LogP contribution in [0.4, 0.5) is 0 Å². The number of hydrogen-bond acceptors (Lipinski definition) is 5. The Hall–Kier alpha value is -1.24. The summed E-state index contributed by atoms with van der Waals surface area (Å²) in [5.41, 5.74) is 1.05. The van der Waals surface area contributed by atoms with Crippen LogP contribution >= 0.6 is 11.3 Å². The van der Waals surface area contributed by atoms with Crippen molar-refractivity contribution in [2.24, 2.45) is 0 Å². The molecule has 3 heterocycles. The second-order valence-corrected chi connectivity index (χ2v) is 7.09. The largest absolute Gasteiger partial charge is 0.315 e. The van der Waals surface area contributed by atoms with Crippen molar-refractivity contribution in [3.63, 3.8) is 0 Å². The van der Waals surface area contributed by atoms with E-state index in [1.807, 2.05) is 13.8 Å². The zero-order valence-electron chi connectivity index (χ0n) is 12.8. The number of aryl methyl sites for hydroxylation is 2. The number of hydrogen-bond donors (Lipinski definition) is 2. The first-order valence-corrected chi connectivity index (χ1v) is 8.27. The molecule has 6 heteroatoms. The molecule has 0 amide bonds. The lowest BCUT2D eigenvalue weighted by Gasteiger charge is -2.31. The fraction of sp³-hybridized carbons (Fsp3) is 0.600. The second-order valence-electron chi connectivity index (χ2n) is 5.89. The fourth-order valence-corrected chi connectivity index (χ4v) is 4.00. The molecule has 1 atom stereocenters. The minimum Gasteiger partial charge on any atom is -0.315 e. The van der Waals surface area contributed by atoms with E-state index in [2.05, 4.69) is 27.2 Å². The van der Waals surface area contributed by atoms with Gasteiger partial charge in [-0.15, -0.1) is 11.3 Å². The Kier molecular flexibility index (Phi) is 4.10. The van der Waals surface area contributed by atoms with E-state index in [-0.39, 0.29) is 5.56 Å². The van der Waals surface area contributed by atoms with Gasteiger partial charge in [0, 0.05) is 17.5 Å². The SMILES string of the molecule is Cc1sc2nc(CN(C)C3CCCNC3)[nH]c(=O)c2c1C. The molecule has 1 unspecified atom stereocenters. The molecule has 1 fully saturated rings. The van der Waals surface area contributed by atoms with Crippen molar-refractivity contribution >= 4 is 21.6 Å². The van der Waals surface area contributed by atoms with Crippen LogP contribution in [0.15, 0.2) is 4.79 Å². The maximum Gasteiger partial charge on any atom is 0.259 e. The van der Waals surface area contributed by atoms with Crippen LogP contribution < -0.4 is 10.9 Å². The molecule has 0 bridgehead atoms. The van der Waals surface area contributed by atoms with Crippen molar-refractivity contribution in [3.05, 3.63) is 26.6 Å². The lowest BCUT2D eigenvalue weighted by atomic mass is 10.1. The van der Waals surface area contributed by atoms with Gasteiger partial charge in [-0.25, -0.2) is 4.98 Å². The fourth-order valence-electron chi connectivity index (χ4n) is 2.95. The smallest absolute Gasteiger partial charge is 0.259 e. The number of thiophene rings is 1. The van der Waals surface area contributed by atoms with E-state index in [0.29, 0.717) is 12.6 Å². The number of aromatic nitrogens is 2. The molecule has 1 aliphatic heterocycles. The summed E-state index contributed by atoms with van der Waals surface area (Å²) in [4.78, 5) is 24.2. The Labute approximate surface area is 128 Å². The Balaban J connectivity index is 1.85. The Morgan fingerprint density at radius 3 is 2.95 bits per heavy atom. The van der Waals surface area contributed by atoms with Gasteiger partial charge in [0.05, 0.1) is 11.9 Å². The zero-order chi connectivity index (χ0) is 15.0. The Morgan fingerprint density at radius 1 is 1.43 bits per heavy atom. The van der Waals surface area contributed by atoms with Crippen LogP contribution in [-0.2, 0) is 6.54 Å². The van der Waals surface area contributed by atoms with E-state index in [9.17, 15) is 4.79 Å². The van der Waals surface area contributed by atoms with Crippen LogP contribution in [-0.4, -0.2) is 41.0 Å². The molecule has 2 aromatic rings. The van der Waals surface area contributed by atoms with Gasteiger partial charge in [-0.3, -0.25) is 9.69 Å². The van der Waals surface area contributed by atoms with Gasteiger partial charge < -0.3 is 10.3 Å². The molecule has 0 radical (unpaired) electrons. The molecule has 1 saturated heterocycles. The summed E-state index contributed by atoms with van der Waals surface area (Å²) in [6, 6.07) is 0.520. The predicted molar refractivity (Wildman–Crippen MR) is 87.1 cm³/mol. The number of fused-ring (bicyclic) bond motifs is 1. The lowest BCUT2D eigenvalue weighted by Crippen LogP contribution is -2.44. The van der Waals surface area contributed by atoms with Crippen LogP contribution in [0.1, 0.15) is 29.1 Å². The third kappa shape index (κ3) is 2.88. The van der Waals surface area contributed by atoms with E-state index in [4.69, 9.17) is 0 Å². The number of piperidine rings is 1. The van der Waals surface area contributed by atoms with Gasteiger partial charge in [0.2, 0.25) is 0 Å². The summed E-state index contributed by atoms with van der Waals surface area (Å²) in [6.07, 6.45) is 2.41. The summed E-state index contributed by atoms with van der Waals surface area (Å²) in [6.45, 7) is 6.85. The third-order valence-electron chi connectivity index (χ3n) is 4.38. The van der Waals surface area contributed by atoms with Crippen LogP contribution in [0, 0.1) is 13.8 Å². The molecule has 21 heavy (non-hydrogen) atoms. The highest BCUT2D eigenvalue weighted by atomic mass is 32.1. The van der Waals surface area contributed by atoms with Gasteiger partial charge in [-0.1, -0.05) is 0 Å². The van der Waals surface area contributed by atoms with E-state index >= 15 is 0 Å². The van der Waals surface area contributed by atoms with E-state index in [0.717, 1.165) is 34.7 Å². The molecule has 3 rings (SSSR count). The highest BCUT2D eigenvalue weighted by Gasteiger charge is 2.19. The van der Waals surface area contributed by atoms with Crippen molar-refractivity contribution in [2.45, 2.75) is 39.3 Å². The number of likely N-dealkylation sites (N-methyl/N-ethyl adjacent to an activating group) is 1. The predicted octanol–water partition coefficient (Wildman–Crippen LogP) is 1.79. The monoisotopic (exact) mass is 306 g/mol. The highest BCUT2D eigenvalue weighted by molar-refractivity contribution is 7.18. The Morgan fingerprint density at radius 2 is 2.24 bits per heavy atom. The van der Waals surface area contributed by atoms with Crippen molar-refractivity contribution < 1.29 is 0 Å². The first-order valence-electron chi connectivity index (χ1n) is 7.46. The van der Waals surface area contributed by atoms with Gasteiger partial charge >= 0.3 is 0 Å². The quantitative estimate of drug-likeness (QED) is 0.907. The molecule has 2 aromatic heterocycles. The molecule has 114 valence electrons. The zero-order valence-corrected chi connectivity index (χ0v) is 13.6. The molecule has 2 N–H and O–H groups in total. The first kappa shape index (κ1) is 14.7. The number of nitrogens with one attached hydrogen (secondary N) is 2. The number of nitrogens with zero attached hydrogens (tertiary/aromatic N) is 2. The van der Waals surface area contributed by atoms with Gasteiger partial charge in [0.25, 0.3) is 5.56 Å². The van der Waals surface area contributed by atoms with Gasteiger partial charge in [-0.2, -0.15) is 0 Å². The first-order chi connectivity index (χ1) is 10.1. The third-order valence-corrected chi connectivity index (χ3v) is 5.48. The number of rotatable bonds is 3. The number of H-pyrrole nitrogens is 1. The normalized spacial score (nSPS) is 19.5. The van der Waals surface area contributed by atoms with Crippen molar-refractivity contribution in [1.29, 1.82) is 0 Å². The van der Waals surface area contributed by atoms with Crippen LogP contribution in [0.3, 0.4) is 0 Å². The van der Waals surface area contributed by atoms with Gasteiger partial charge in [-0.05, 0) is 45.8 Å². The molecule has 0 saturated carbocycles. The lowest BCUT2D eigenvalue weighted by molar-refractivity contribution is 0.192. The molecular formula is C15H22N4OS. The molecule has 1 aliphatic rings. The average molecular weight is 306 g/mol. The van der Waals surface area contributed by atoms with E-state index in [1.54, 1.807) is 11.3 Å². The van der Waals surface area contributed by atoms with E-state index < -0.39 is 0 Å². The van der Waals surface area contributed by atoms with Crippen molar-refractivity contribution in [2.75, 3.05) is 20.1 Å². The van der Waals surface area contributed by atoms with Gasteiger partial charge in [0.15, 0.2) is 0 Å². The van der Waals surface area contributed by atoms with Crippen molar-refractivity contribution in [1.82, 2.24) is 20.2 Å². The van der Waals surface area contributed by atoms with Crippen LogP contribution in [0.5, 0.6) is 0 Å². The topological polar surface area (TPSA) is 61.0 Å². The Bertz CT molecular complexity index is 699. The summed E-state index contributed by atoms with van der Waals surface area (Å²) in [5.74, 6) is 0.766. The molecular weight excluding hydrogens is 284 g/mol. The summed E-state index contributed by atoms with van der Waals surface area (Å²) in [5, 5.41) is 4.17. The molecule has 5 nitrogen and oxygen atoms in total. The molecule has 0 aromatic carbocycles. The summed E-state index contributed by atoms with van der Waals surface area (Å²) in [7, 11) is 2.10. The highest BCUT2D eigenvalue weighted by Crippen LogP contribution is 2.25. The second kappa shape index (κ2) is 5.87. The maximum atomic E-state index is 12.3. The summed E-state index contributed by atoms with van der Waals surface area (Å²) < 4.78 is 0. The molecule has 0 spiro atoms. The van der Waals surface area contributed by atoms with Crippen LogP contribution in [0.25, 0.3) is 10.2 Å². The number of aromatic amines is 1. The average Bonchev–Trinajstić information content (AvgIpc) is 2.75. The maximum absolute atomic E-state index is 12.3. The molecule has 0 aliphatic carbocycles. The minimum absolute atomic E-state index is 0.00739. The van der Waals surface area contributed by atoms with E-state index in [1.165, 1.54) is 17.7 Å². The minimum atomic E-state index is -0.00739. The van der Waals surface area contributed by atoms with Crippen molar-refractivity contribution in [3.8, 4) is 0 Å². The summed E-state index contributed by atoms with van der Waals surface area (Å²) >= 11 is 1.61.